The van der Waals surface area contributed by atoms with Gasteiger partial charge in [-0.25, -0.2) is 9.67 Å². The number of anilines is 1. The van der Waals surface area contributed by atoms with Crippen LogP contribution in [0.25, 0.3) is 11.8 Å². The number of rotatable bonds is 5. The van der Waals surface area contributed by atoms with Crippen LogP contribution in [0.1, 0.15) is 5.56 Å². The van der Waals surface area contributed by atoms with Crippen molar-refractivity contribution < 1.29 is 9.53 Å². The predicted molar refractivity (Wildman–Crippen MR) is 96.6 cm³/mol. The summed E-state index contributed by atoms with van der Waals surface area (Å²) in [6.07, 6.45) is 4.68. The first kappa shape index (κ1) is 16.9. The minimum atomic E-state index is -0.555. The predicted octanol–water partition coefficient (Wildman–Crippen LogP) is 2.82. The number of nitriles is 1. The second-order valence-electron chi connectivity index (χ2n) is 5.21. The second kappa shape index (κ2) is 7.77. The summed E-state index contributed by atoms with van der Waals surface area (Å²) in [5.74, 6) is 0.124. The Morgan fingerprint density at radius 3 is 2.65 bits per heavy atom. The van der Waals surface area contributed by atoms with Gasteiger partial charge in [-0.3, -0.25) is 4.79 Å². The molecule has 0 saturated carbocycles. The van der Waals surface area contributed by atoms with Gasteiger partial charge in [-0.1, -0.05) is 24.3 Å². The van der Waals surface area contributed by atoms with Crippen LogP contribution >= 0.6 is 0 Å². The molecule has 0 aliphatic heterocycles. The van der Waals surface area contributed by atoms with Crippen LogP contribution in [0.4, 0.5) is 5.82 Å². The molecular formula is C19H15N5O2. The van der Waals surface area contributed by atoms with Crippen molar-refractivity contribution in [2.75, 3.05) is 12.4 Å². The van der Waals surface area contributed by atoms with Crippen LogP contribution in [0.2, 0.25) is 0 Å². The summed E-state index contributed by atoms with van der Waals surface area (Å²) in [4.78, 5) is 16.3. The van der Waals surface area contributed by atoms with Crippen LogP contribution in [0.3, 0.4) is 0 Å². The molecule has 0 fully saturated rings. The molecule has 0 atom stereocenters. The van der Waals surface area contributed by atoms with Gasteiger partial charge in [0.2, 0.25) is 5.88 Å². The highest BCUT2D eigenvalue weighted by atomic mass is 16.5. The molecule has 7 heteroatoms. The average molecular weight is 345 g/mol. The number of pyridine rings is 1. The van der Waals surface area contributed by atoms with E-state index in [9.17, 15) is 10.1 Å². The number of ether oxygens (including phenoxy) is 1. The molecule has 0 bridgehead atoms. The smallest absolute Gasteiger partial charge is 0.267 e. The second-order valence-corrected chi connectivity index (χ2v) is 5.21. The molecule has 2 aromatic heterocycles. The van der Waals surface area contributed by atoms with E-state index in [4.69, 9.17) is 4.74 Å². The first-order valence-electron chi connectivity index (χ1n) is 7.74. The number of aromatic nitrogens is 3. The lowest BCUT2D eigenvalue weighted by Gasteiger charge is -2.02. The number of hydrogen-bond donors (Lipinski definition) is 1. The van der Waals surface area contributed by atoms with Crippen molar-refractivity contribution in [1.82, 2.24) is 14.8 Å². The molecule has 3 aromatic rings. The monoisotopic (exact) mass is 345 g/mol. The number of carbonyl (C=O) groups excluding carboxylic acids is 1. The lowest BCUT2D eigenvalue weighted by Crippen LogP contribution is -2.14. The van der Waals surface area contributed by atoms with E-state index in [1.54, 1.807) is 35.3 Å². The molecule has 0 saturated heterocycles. The maximum atomic E-state index is 12.3. The van der Waals surface area contributed by atoms with E-state index in [0.717, 1.165) is 5.69 Å². The number of hydrogen-bond acceptors (Lipinski definition) is 5. The quantitative estimate of drug-likeness (QED) is 0.567. The number of para-hydroxylation sites is 1. The molecule has 0 unspecified atom stereocenters. The number of amides is 1. The van der Waals surface area contributed by atoms with E-state index >= 15 is 0 Å². The summed E-state index contributed by atoms with van der Waals surface area (Å²) in [6, 6.07) is 16.5. The van der Waals surface area contributed by atoms with E-state index < -0.39 is 5.91 Å². The van der Waals surface area contributed by atoms with Crippen molar-refractivity contribution in [1.29, 1.82) is 5.26 Å². The van der Waals surface area contributed by atoms with Crippen LogP contribution in [0, 0.1) is 11.3 Å². The minimum absolute atomic E-state index is 0.0819. The third-order valence-corrected chi connectivity index (χ3v) is 3.49. The molecule has 3 rings (SSSR count). The number of benzene rings is 1. The molecule has 128 valence electrons. The Hall–Kier alpha value is -3.92. The SMILES string of the molecule is COc1nn(-c2ccccc2)cc1/C=C(\C#N)C(=O)Nc1ccccn1. The summed E-state index contributed by atoms with van der Waals surface area (Å²) in [6.45, 7) is 0. The number of nitrogens with one attached hydrogen (secondary N) is 1. The normalized spacial score (nSPS) is 10.8. The minimum Gasteiger partial charge on any atom is -0.480 e. The van der Waals surface area contributed by atoms with Crippen LogP contribution in [0.15, 0.2) is 66.5 Å². The Labute approximate surface area is 150 Å². The van der Waals surface area contributed by atoms with E-state index in [-0.39, 0.29) is 5.57 Å². The van der Waals surface area contributed by atoms with Crippen LogP contribution < -0.4 is 10.1 Å². The van der Waals surface area contributed by atoms with Crippen molar-refractivity contribution in [2.45, 2.75) is 0 Å². The standard InChI is InChI=1S/C19H15N5O2/c1-26-19-15(13-24(23-19)16-7-3-2-4-8-16)11-14(12-20)18(25)22-17-9-5-6-10-21-17/h2-11,13H,1H3,(H,21,22,25)/b14-11+. The number of carbonyl (C=O) groups is 1. The molecule has 26 heavy (non-hydrogen) atoms. The van der Waals surface area contributed by atoms with Crippen molar-refractivity contribution in [2.24, 2.45) is 0 Å². The van der Waals surface area contributed by atoms with E-state index in [1.165, 1.54) is 13.2 Å². The average Bonchev–Trinajstić information content (AvgIpc) is 3.10. The Morgan fingerprint density at radius 1 is 1.23 bits per heavy atom. The van der Waals surface area contributed by atoms with Gasteiger partial charge < -0.3 is 10.1 Å². The largest absolute Gasteiger partial charge is 0.480 e. The molecular weight excluding hydrogens is 330 g/mol. The fourth-order valence-electron chi connectivity index (χ4n) is 2.27. The first-order valence-corrected chi connectivity index (χ1v) is 7.74. The van der Waals surface area contributed by atoms with Gasteiger partial charge in [0.1, 0.15) is 17.5 Å². The maximum Gasteiger partial charge on any atom is 0.267 e. The van der Waals surface area contributed by atoms with Crippen molar-refractivity contribution in [3.05, 3.63) is 72.1 Å². The molecule has 1 aromatic carbocycles. The van der Waals surface area contributed by atoms with Crippen LogP contribution in [-0.4, -0.2) is 27.8 Å². The van der Waals surface area contributed by atoms with Gasteiger partial charge in [-0.05, 0) is 30.3 Å². The maximum absolute atomic E-state index is 12.3. The summed E-state index contributed by atoms with van der Waals surface area (Å²) < 4.78 is 6.88. The summed E-state index contributed by atoms with van der Waals surface area (Å²) in [5, 5.41) is 16.3. The van der Waals surface area contributed by atoms with Crippen LogP contribution in [-0.2, 0) is 4.79 Å². The fourth-order valence-corrected chi connectivity index (χ4v) is 2.27. The highest BCUT2D eigenvalue weighted by molar-refractivity contribution is 6.09. The summed E-state index contributed by atoms with van der Waals surface area (Å²) in [7, 11) is 1.48. The van der Waals surface area contributed by atoms with Gasteiger partial charge in [-0.15, -0.1) is 5.10 Å². The summed E-state index contributed by atoms with van der Waals surface area (Å²) >= 11 is 0. The van der Waals surface area contributed by atoms with E-state index in [2.05, 4.69) is 15.4 Å². The van der Waals surface area contributed by atoms with Gasteiger partial charge in [0.25, 0.3) is 5.91 Å². The lowest BCUT2D eigenvalue weighted by atomic mass is 10.2. The topological polar surface area (TPSA) is 92.8 Å². The highest BCUT2D eigenvalue weighted by Crippen LogP contribution is 2.21. The van der Waals surface area contributed by atoms with E-state index in [1.807, 2.05) is 36.4 Å². The Balaban J connectivity index is 1.90. The molecule has 7 nitrogen and oxygen atoms in total. The first-order chi connectivity index (χ1) is 12.7. The van der Waals surface area contributed by atoms with Crippen LogP contribution in [0.5, 0.6) is 5.88 Å². The number of methoxy groups -OCH3 is 1. The zero-order chi connectivity index (χ0) is 18.4. The van der Waals surface area contributed by atoms with Gasteiger partial charge in [0, 0.05) is 12.4 Å². The Kier molecular flexibility index (Phi) is 5.05. The van der Waals surface area contributed by atoms with Gasteiger partial charge in [-0.2, -0.15) is 5.26 Å². The third-order valence-electron chi connectivity index (χ3n) is 3.49. The molecule has 1 amide bonds. The van der Waals surface area contributed by atoms with Crippen molar-refractivity contribution in [3.8, 4) is 17.6 Å². The zero-order valence-electron chi connectivity index (χ0n) is 14.0. The van der Waals surface area contributed by atoms with Gasteiger partial charge >= 0.3 is 0 Å². The van der Waals surface area contributed by atoms with Gasteiger partial charge in [0.15, 0.2) is 0 Å². The molecule has 0 radical (unpaired) electrons. The summed E-state index contributed by atoms with van der Waals surface area (Å²) in [5.41, 5.74) is 1.27. The molecule has 2 heterocycles. The fraction of sp³-hybridized carbons (Fsp3) is 0.0526. The molecule has 0 aliphatic carbocycles. The third kappa shape index (κ3) is 3.76. The molecule has 0 aliphatic rings. The zero-order valence-corrected chi connectivity index (χ0v) is 14.0. The van der Waals surface area contributed by atoms with Crippen molar-refractivity contribution >= 4 is 17.8 Å². The highest BCUT2D eigenvalue weighted by Gasteiger charge is 2.14. The number of nitrogens with zero attached hydrogens (tertiary/aromatic N) is 4. The van der Waals surface area contributed by atoms with Crippen molar-refractivity contribution in [3.63, 3.8) is 0 Å². The Morgan fingerprint density at radius 2 is 2.00 bits per heavy atom. The molecule has 1 N–H and O–H groups in total. The lowest BCUT2D eigenvalue weighted by molar-refractivity contribution is -0.112. The Bertz CT molecular complexity index is 972. The van der Waals surface area contributed by atoms with E-state index in [0.29, 0.717) is 17.3 Å². The van der Waals surface area contributed by atoms with Gasteiger partial charge in [0.05, 0.1) is 18.4 Å². The molecule has 0 spiro atoms.